The van der Waals surface area contributed by atoms with Crippen molar-refractivity contribution in [2.75, 3.05) is 25.0 Å². The number of nitrogens with one attached hydrogen (secondary N) is 2. The molecule has 1 aromatic rings. The van der Waals surface area contributed by atoms with Crippen molar-refractivity contribution in [1.29, 1.82) is 0 Å². The van der Waals surface area contributed by atoms with Gasteiger partial charge in [-0.2, -0.15) is 0 Å². The van der Waals surface area contributed by atoms with Crippen molar-refractivity contribution in [3.8, 4) is 0 Å². The van der Waals surface area contributed by atoms with Gasteiger partial charge in [-0.25, -0.2) is 4.98 Å². The molecule has 1 aliphatic heterocycles. The number of carbonyl (C=O) groups excluding carboxylic acids is 1. The van der Waals surface area contributed by atoms with E-state index in [9.17, 15) is 4.79 Å². The molecule has 0 radical (unpaired) electrons. The van der Waals surface area contributed by atoms with Gasteiger partial charge >= 0.3 is 0 Å². The predicted molar refractivity (Wildman–Crippen MR) is 84.0 cm³/mol. The molecule has 6 heteroatoms. The first-order valence-corrected chi connectivity index (χ1v) is 7.88. The molecule has 1 amide bonds. The Morgan fingerprint density at radius 3 is 3.05 bits per heavy atom. The molecular weight excluding hydrogens is 290 g/mol. The number of pyridine rings is 1. The van der Waals surface area contributed by atoms with Gasteiger partial charge in [-0.1, -0.05) is 18.5 Å². The summed E-state index contributed by atoms with van der Waals surface area (Å²) in [5.41, 5.74) is 0.258. The van der Waals surface area contributed by atoms with Gasteiger partial charge in [0.05, 0.1) is 11.1 Å². The van der Waals surface area contributed by atoms with Crippen LogP contribution in [-0.4, -0.2) is 36.7 Å². The summed E-state index contributed by atoms with van der Waals surface area (Å²) in [6.45, 7) is 4.16. The monoisotopic (exact) mass is 311 g/mol. The lowest BCUT2D eigenvalue weighted by atomic mass is 10.1. The summed E-state index contributed by atoms with van der Waals surface area (Å²) in [6.07, 6.45) is 4.33. The maximum Gasteiger partial charge on any atom is 0.271 e. The Hall–Kier alpha value is -1.33. The molecule has 0 saturated carbocycles. The third-order valence-corrected chi connectivity index (χ3v) is 3.69. The molecular formula is C15H22ClN3O2. The minimum Gasteiger partial charge on any atom is -0.376 e. The van der Waals surface area contributed by atoms with E-state index < -0.39 is 0 Å². The van der Waals surface area contributed by atoms with Crippen molar-refractivity contribution in [3.63, 3.8) is 0 Å². The highest BCUT2D eigenvalue weighted by Gasteiger charge is 2.17. The Morgan fingerprint density at radius 1 is 1.48 bits per heavy atom. The van der Waals surface area contributed by atoms with Crippen LogP contribution in [0.3, 0.4) is 0 Å². The molecule has 0 spiro atoms. The zero-order chi connectivity index (χ0) is 15.1. The van der Waals surface area contributed by atoms with Crippen molar-refractivity contribution >= 4 is 23.3 Å². The summed E-state index contributed by atoms with van der Waals surface area (Å²) in [6, 6.07) is 3.47. The minimum absolute atomic E-state index is 0.0999. The van der Waals surface area contributed by atoms with Gasteiger partial charge in [0.1, 0.15) is 11.5 Å². The van der Waals surface area contributed by atoms with E-state index in [-0.39, 0.29) is 17.7 Å². The van der Waals surface area contributed by atoms with Crippen molar-refractivity contribution in [1.82, 2.24) is 10.3 Å². The summed E-state index contributed by atoms with van der Waals surface area (Å²) < 4.78 is 5.59. The van der Waals surface area contributed by atoms with E-state index in [4.69, 9.17) is 16.3 Å². The summed E-state index contributed by atoms with van der Waals surface area (Å²) in [5.74, 6) is 0.412. The zero-order valence-electron chi connectivity index (χ0n) is 12.3. The number of anilines is 1. The van der Waals surface area contributed by atoms with Crippen molar-refractivity contribution in [2.45, 2.75) is 38.7 Å². The zero-order valence-corrected chi connectivity index (χ0v) is 13.1. The average molecular weight is 312 g/mol. The Bertz CT molecular complexity index is 476. The van der Waals surface area contributed by atoms with Crippen LogP contribution in [-0.2, 0) is 4.74 Å². The lowest BCUT2D eigenvalue weighted by molar-refractivity contribution is 0.0168. The molecule has 2 N–H and O–H groups in total. The van der Waals surface area contributed by atoms with Gasteiger partial charge in [-0.05, 0) is 37.8 Å². The molecule has 0 bridgehead atoms. The largest absolute Gasteiger partial charge is 0.376 e. The second-order valence-corrected chi connectivity index (χ2v) is 5.56. The van der Waals surface area contributed by atoms with Crippen LogP contribution in [0.25, 0.3) is 0 Å². The maximum atomic E-state index is 12.2. The van der Waals surface area contributed by atoms with E-state index in [1.807, 2.05) is 0 Å². The highest BCUT2D eigenvalue weighted by atomic mass is 35.5. The van der Waals surface area contributed by atoms with Crippen LogP contribution in [0.4, 0.5) is 5.82 Å². The SMILES string of the molecule is CCCNc1ccc(Cl)c(C(=O)NCC2CCCCO2)n1. The molecule has 1 unspecified atom stereocenters. The van der Waals surface area contributed by atoms with Gasteiger partial charge < -0.3 is 15.4 Å². The number of ether oxygens (including phenoxy) is 1. The number of nitrogens with zero attached hydrogens (tertiary/aromatic N) is 1. The third kappa shape index (κ3) is 4.86. The highest BCUT2D eigenvalue weighted by molar-refractivity contribution is 6.33. The number of halogens is 1. The normalized spacial score (nSPS) is 18.3. The Labute approximate surface area is 130 Å². The number of rotatable bonds is 6. The lowest BCUT2D eigenvalue weighted by Crippen LogP contribution is -2.36. The fourth-order valence-corrected chi connectivity index (χ4v) is 2.40. The Balaban J connectivity index is 1.93. The van der Waals surface area contributed by atoms with Crippen LogP contribution in [0.2, 0.25) is 5.02 Å². The van der Waals surface area contributed by atoms with Gasteiger partial charge in [0, 0.05) is 19.7 Å². The maximum absolute atomic E-state index is 12.2. The fraction of sp³-hybridized carbons (Fsp3) is 0.600. The van der Waals surface area contributed by atoms with E-state index in [0.29, 0.717) is 17.4 Å². The number of hydrogen-bond donors (Lipinski definition) is 2. The molecule has 2 rings (SSSR count). The van der Waals surface area contributed by atoms with Gasteiger partial charge in [-0.3, -0.25) is 4.79 Å². The molecule has 0 aromatic carbocycles. The van der Waals surface area contributed by atoms with Crippen LogP contribution >= 0.6 is 11.6 Å². The van der Waals surface area contributed by atoms with Gasteiger partial charge in [0.25, 0.3) is 5.91 Å². The fourth-order valence-electron chi connectivity index (χ4n) is 2.21. The molecule has 1 aliphatic rings. The molecule has 2 heterocycles. The molecule has 21 heavy (non-hydrogen) atoms. The number of carbonyl (C=O) groups is 1. The van der Waals surface area contributed by atoms with Crippen molar-refractivity contribution in [3.05, 3.63) is 22.8 Å². The second kappa shape index (κ2) is 8.20. The first kappa shape index (κ1) is 16.0. The number of amides is 1. The standard InChI is InChI=1S/C15H22ClN3O2/c1-2-8-17-13-7-6-12(16)14(19-13)15(20)18-10-11-5-3-4-9-21-11/h6-7,11H,2-5,8-10H2,1H3,(H,17,19)(H,18,20). The summed E-state index contributed by atoms with van der Waals surface area (Å²) in [5, 5.41) is 6.36. The lowest BCUT2D eigenvalue weighted by Gasteiger charge is -2.22. The van der Waals surface area contributed by atoms with Crippen LogP contribution in [0, 0.1) is 0 Å². The van der Waals surface area contributed by atoms with Gasteiger partial charge in [-0.15, -0.1) is 0 Å². The predicted octanol–water partition coefficient (Wildman–Crippen LogP) is 2.86. The van der Waals surface area contributed by atoms with Crippen LogP contribution in [0.1, 0.15) is 43.1 Å². The van der Waals surface area contributed by atoms with E-state index in [2.05, 4.69) is 22.5 Å². The van der Waals surface area contributed by atoms with E-state index in [1.165, 1.54) is 0 Å². The first-order chi connectivity index (χ1) is 10.2. The van der Waals surface area contributed by atoms with E-state index in [1.54, 1.807) is 12.1 Å². The molecule has 116 valence electrons. The topological polar surface area (TPSA) is 63.2 Å². The first-order valence-electron chi connectivity index (χ1n) is 7.51. The third-order valence-electron chi connectivity index (χ3n) is 3.38. The second-order valence-electron chi connectivity index (χ2n) is 5.15. The molecule has 0 aliphatic carbocycles. The Morgan fingerprint density at radius 2 is 2.33 bits per heavy atom. The Kier molecular flexibility index (Phi) is 6.26. The molecule has 1 fully saturated rings. The van der Waals surface area contributed by atoms with E-state index in [0.717, 1.165) is 38.8 Å². The summed E-state index contributed by atoms with van der Waals surface area (Å²) in [7, 11) is 0. The highest BCUT2D eigenvalue weighted by Crippen LogP contribution is 2.17. The average Bonchev–Trinajstić information content (AvgIpc) is 2.53. The summed E-state index contributed by atoms with van der Waals surface area (Å²) >= 11 is 6.06. The van der Waals surface area contributed by atoms with Gasteiger partial charge in [0.2, 0.25) is 0 Å². The quantitative estimate of drug-likeness (QED) is 0.848. The number of hydrogen-bond acceptors (Lipinski definition) is 4. The van der Waals surface area contributed by atoms with Crippen molar-refractivity contribution < 1.29 is 9.53 Å². The van der Waals surface area contributed by atoms with Crippen LogP contribution in [0.5, 0.6) is 0 Å². The molecule has 1 saturated heterocycles. The van der Waals surface area contributed by atoms with Crippen molar-refractivity contribution in [2.24, 2.45) is 0 Å². The molecule has 5 nitrogen and oxygen atoms in total. The summed E-state index contributed by atoms with van der Waals surface area (Å²) in [4.78, 5) is 16.5. The number of aromatic nitrogens is 1. The van der Waals surface area contributed by atoms with Crippen LogP contribution < -0.4 is 10.6 Å². The van der Waals surface area contributed by atoms with E-state index >= 15 is 0 Å². The minimum atomic E-state index is -0.255. The molecule has 1 aromatic heterocycles. The molecule has 1 atom stereocenters. The van der Waals surface area contributed by atoms with Gasteiger partial charge in [0.15, 0.2) is 0 Å². The van der Waals surface area contributed by atoms with Crippen LogP contribution in [0.15, 0.2) is 12.1 Å². The smallest absolute Gasteiger partial charge is 0.271 e.